The number of aromatic nitrogens is 4. The van der Waals surface area contributed by atoms with Crippen LogP contribution < -0.4 is 0 Å². The fourth-order valence-corrected chi connectivity index (χ4v) is 1.41. The molecule has 1 heterocycles. The zero-order chi connectivity index (χ0) is 13.1. The molecule has 0 aliphatic rings. The number of methoxy groups -OCH3 is 1. The van der Waals surface area contributed by atoms with E-state index < -0.39 is 11.8 Å². The molecule has 92 valence electrons. The highest BCUT2D eigenvalue weighted by Gasteiger charge is 2.20. The van der Waals surface area contributed by atoms with Crippen molar-refractivity contribution in [3.05, 3.63) is 35.4 Å². The fraction of sp³-hybridized carbons (Fsp3) is 0.182. The minimum absolute atomic E-state index is 0.0324. The summed E-state index contributed by atoms with van der Waals surface area (Å²) in [6.07, 6.45) is 0. The number of carbonyl (C=O) groups is 1. The van der Waals surface area contributed by atoms with Crippen LogP contribution in [0, 0.1) is 12.7 Å². The molecule has 1 aromatic heterocycles. The second kappa shape index (κ2) is 4.82. The molecule has 0 aliphatic heterocycles. The molecule has 0 bridgehead atoms. The predicted octanol–water partition coefficient (Wildman–Crippen LogP) is 1.17. The Bertz CT molecular complexity index is 586. The quantitative estimate of drug-likeness (QED) is 0.742. The summed E-state index contributed by atoms with van der Waals surface area (Å²) in [4.78, 5) is 11.5. The van der Waals surface area contributed by atoms with Crippen LogP contribution in [0.2, 0.25) is 0 Å². The molecule has 0 unspecified atom stereocenters. The largest absolute Gasteiger partial charge is 0.465 e. The third-order valence-electron chi connectivity index (χ3n) is 2.22. The maximum atomic E-state index is 13.8. The van der Waals surface area contributed by atoms with Crippen LogP contribution in [0.1, 0.15) is 16.2 Å². The molecular weight excluding hydrogens is 239 g/mol. The number of benzene rings is 1. The summed E-state index contributed by atoms with van der Waals surface area (Å²) in [6, 6.07) is 4.03. The van der Waals surface area contributed by atoms with Crippen molar-refractivity contribution in [2.24, 2.45) is 0 Å². The summed E-state index contributed by atoms with van der Waals surface area (Å²) in [7, 11) is 1.21. The van der Waals surface area contributed by atoms with Crippen molar-refractivity contribution in [3.8, 4) is 11.4 Å². The number of hydrogen-bond acceptors (Lipinski definition) is 6. The molecule has 0 atom stereocenters. The van der Waals surface area contributed by atoms with Gasteiger partial charge in [-0.05, 0) is 19.1 Å². The van der Waals surface area contributed by atoms with Crippen LogP contribution in [0.3, 0.4) is 0 Å². The summed E-state index contributed by atoms with van der Waals surface area (Å²) in [5.41, 5.74) is -0.0331. The molecule has 7 heteroatoms. The number of esters is 1. The van der Waals surface area contributed by atoms with E-state index in [1.54, 1.807) is 6.92 Å². The lowest BCUT2D eigenvalue weighted by molar-refractivity contribution is 0.0601. The Labute approximate surface area is 102 Å². The van der Waals surface area contributed by atoms with E-state index in [4.69, 9.17) is 0 Å². The van der Waals surface area contributed by atoms with Gasteiger partial charge in [0, 0.05) is 0 Å². The van der Waals surface area contributed by atoms with Crippen molar-refractivity contribution in [1.29, 1.82) is 0 Å². The number of aryl methyl sites for hydroxylation is 1. The number of halogens is 1. The second-order valence-electron chi connectivity index (χ2n) is 3.42. The normalized spacial score (nSPS) is 10.2. The summed E-state index contributed by atoms with van der Waals surface area (Å²) in [6.45, 7) is 1.60. The van der Waals surface area contributed by atoms with Crippen molar-refractivity contribution < 1.29 is 13.9 Å². The van der Waals surface area contributed by atoms with E-state index in [2.05, 4.69) is 25.1 Å². The molecule has 2 rings (SSSR count). The van der Waals surface area contributed by atoms with Crippen LogP contribution in [0.5, 0.6) is 0 Å². The van der Waals surface area contributed by atoms with Gasteiger partial charge in [0.05, 0.1) is 18.2 Å². The Balaban J connectivity index is 2.62. The molecule has 18 heavy (non-hydrogen) atoms. The summed E-state index contributed by atoms with van der Waals surface area (Å²) in [5.74, 6) is -1.01. The monoisotopic (exact) mass is 248 g/mol. The van der Waals surface area contributed by atoms with Crippen LogP contribution in [0.25, 0.3) is 11.4 Å². The first-order valence-electron chi connectivity index (χ1n) is 5.04. The van der Waals surface area contributed by atoms with Crippen LogP contribution >= 0.6 is 0 Å². The van der Waals surface area contributed by atoms with Gasteiger partial charge >= 0.3 is 5.97 Å². The fourth-order valence-electron chi connectivity index (χ4n) is 1.41. The molecule has 0 spiro atoms. The number of hydrogen-bond donors (Lipinski definition) is 0. The van der Waals surface area contributed by atoms with Gasteiger partial charge in [-0.1, -0.05) is 6.07 Å². The lowest BCUT2D eigenvalue weighted by atomic mass is 10.1. The SMILES string of the molecule is COC(=O)c1cccc(F)c1-c1nnc(C)nn1. The number of carbonyl (C=O) groups excluding carboxylic acids is 1. The molecule has 6 nitrogen and oxygen atoms in total. The van der Waals surface area contributed by atoms with Crippen LogP contribution in [0.4, 0.5) is 4.39 Å². The lowest BCUT2D eigenvalue weighted by Crippen LogP contribution is -2.08. The van der Waals surface area contributed by atoms with Gasteiger partial charge in [-0.2, -0.15) is 0 Å². The highest BCUT2D eigenvalue weighted by Crippen LogP contribution is 2.23. The zero-order valence-electron chi connectivity index (χ0n) is 9.72. The smallest absolute Gasteiger partial charge is 0.338 e. The topological polar surface area (TPSA) is 77.9 Å². The molecule has 0 N–H and O–H groups in total. The molecule has 0 aliphatic carbocycles. The third-order valence-corrected chi connectivity index (χ3v) is 2.22. The molecule has 0 radical (unpaired) electrons. The molecule has 0 saturated heterocycles. The number of ether oxygens (including phenoxy) is 1. The number of rotatable bonds is 2. The minimum atomic E-state index is -0.673. The highest BCUT2D eigenvalue weighted by atomic mass is 19.1. The molecular formula is C11H9FN4O2. The molecule has 0 fully saturated rings. The second-order valence-corrected chi connectivity index (χ2v) is 3.42. The van der Waals surface area contributed by atoms with Gasteiger partial charge in [-0.15, -0.1) is 20.4 Å². The van der Waals surface area contributed by atoms with Crippen LogP contribution in [-0.4, -0.2) is 33.5 Å². The van der Waals surface area contributed by atoms with Gasteiger partial charge in [-0.25, -0.2) is 9.18 Å². The highest BCUT2D eigenvalue weighted by molar-refractivity contribution is 5.96. The average molecular weight is 248 g/mol. The maximum absolute atomic E-state index is 13.8. The van der Waals surface area contributed by atoms with Crippen molar-refractivity contribution in [2.75, 3.05) is 7.11 Å². The Morgan fingerprint density at radius 2 is 1.89 bits per heavy atom. The first kappa shape index (κ1) is 12.0. The van der Waals surface area contributed by atoms with E-state index in [-0.39, 0.29) is 17.0 Å². The van der Waals surface area contributed by atoms with Crippen molar-refractivity contribution >= 4 is 5.97 Å². The Hall–Kier alpha value is -2.44. The van der Waals surface area contributed by atoms with E-state index in [1.165, 1.54) is 25.3 Å². The third kappa shape index (κ3) is 2.15. The van der Waals surface area contributed by atoms with E-state index in [0.717, 1.165) is 0 Å². The first-order chi connectivity index (χ1) is 8.63. The first-order valence-corrected chi connectivity index (χ1v) is 5.04. The predicted molar refractivity (Wildman–Crippen MR) is 59.1 cm³/mol. The minimum Gasteiger partial charge on any atom is -0.465 e. The summed E-state index contributed by atoms with van der Waals surface area (Å²) >= 11 is 0. The van der Waals surface area contributed by atoms with Crippen LogP contribution in [0.15, 0.2) is 18.2 Å². The Morgan fingerprint density at radius 3 is 2.50 bits per heavy atom. The standard InChI is InChI=1S/C11H9FN4O2/c1-6-13-15-10(16-14-6)9-7(11(17)18-2)4-3-5-8(9)12/h3-5H,1-2H3. The molecule has 2 aromatic rings. The number of nitrogens with zero attached hydrogens (tertiary/aromatic N) is 4. The molecule has 0 saturated carbocycles. The average Bonchev–Trinajstić information content (AvgIpc) is 2.39. The van der Waals surface area contributed by atoms with E-state index in [1.807, 2.05) is 0 Å². The van der Waals surface area contributed by atoms with Gasteiger partial charge in [0.15, 0.2) is 5.82 Å². The van der Waals surface area contributed by atoms with Crippen LogP contribution in [-0.2, 0) is 4.74 Å². The van der Waals surface area contributed by atoms with Gasteiger partial charge in [0.25, 0.3) is 0 Å². The molecule has 1 aromatic carbocycles. The molecule has 0 amide bonds. The lowest BCUT2D eigenvalue weighted by Gasteiger charge is -2.06. The summed E-state index contributed by atoms with van der Waals surface area (Å²) < 4.78 is 18.4. The van der Waals surface area contributed by atoms with Crippen molar-refractivity contribution in [3.63, 3.8) is 0 Å². The van der Waals surface area contributed by atoms with Gasteiger partial charge in [-0.3, -0.25) is 0 Å². The van der Waals surface area contributed by atoms with Crippen molar-refractivity contribution in [1.82, 2.24) is 20.4 Å². The van der Waals surface area contributed by atoms with E-state index >= 15 is 0 Å². The zero-order valence-corrected chi connectivity index (χ0v) is 9.72. The Kier molecular flexibility index (Phi) is 3.22. The summed E-state index contributed by atoms with van der Waals surface area (Å²) in [5, 5.41) is 14.8. The Morgan fingerprint density at radius 1 is 1.22 bits per heavy atom. The van der Waals surface area contributed by atoms with E-state index in [0.29, 0.717) is 5.82 Å². The van der Waals surface area contributed by atoms with Gasteiger partial charge < -0.3 is 4.74 Å². The van der Waals surface area contributed by atoms with Gasteiger partial charge in [0.2, 0.25) is 5.82 Å². The van der Waals surface area contributed by atoms with Crippen molar-refractivity contribution in [2.45, 2.75) is 6.92 Å². The van der Waals surface area contributed by atoms with Gasteiger partial charge in [0.1, 0.15) is 5.82 Å². The maximum Gasteiger partial charge on any atom is 0.338 e. The van der Waals surface area contributed by atoms with E-state index in [9.17, 15) is 9.18 Å².